The number of nitrogens with zero attached hydrogens (tertiary/aromatic N) is 1. The van der Waals surface area contributed by atoms with Crippen molar-refractivity contribution >= 4 is 27.5 Å². The Morgan fingerprint density at radius 2 is 2.22 bits per heavy atom. The van der Waals surface area contributed by atoms with Gasteiger partial charge in [0.05, 0.1) is 0 Å². The number of rotatable bonds is 2. The Morgan fingerprint density at radius 1 is 1.50 bits per heavy atom. The van der Waals surface area contributed by atoms with Gasteiger partial charge >= 0.3 is 0 Å². The molecule has 4 heteroatoms. The predicted molar refractivity (Wildman–Crippen MR) is 81.1 cm³/mol. The van der Waals surface area contributed by atoms with Crippen LogP contribution in [0.5, 0.6) is 0 Å². The van der Waals surface area contributed by atoms with Gasteiger partial charge in [0.1, 0.15) is 0 Å². The van der Waals surface area contributed by atoms with E-state index in [0.717, 1.165) is 29.1 Å². The standard InChI is InChI=1S/C14H20BrClN2/c1-10-7-17-14(2,3)9-18(10)8-11-4-5-12(15)6-13(11)16/h4-6,10,17H,7-9H2,1-3H3. The van der Waals surface area contributed by atoms with Gasteiger partial charge in [0.25, 0.3) is 0 Å². The summed E-state index contributed by atoms with van der Waals surface area (Å²) in [5, 5.41) is 4.41. The zero-order valence-electron chi connectivity index (χ0n) is 11.1. The van der Waals surface area contributed by atoms with Crippen molar-refractivity contribution in [3.8, 4) is 0 Å². The molecule has 2 nitrogen and oxygen atoms in total. The highest BCUT2D eigenvalue weighted by atomic mass is 79.9. The summed E-state index contributed by atoms with van der Waals surface area (Å²) in [6.07, 6.45) is 0. The Labute approximate surface area is 123 Å². The number of halogens is 2. The normalized spacial score (nSPS) is 24.2. The minimum absolute atomic E-state index is 0.175. The van der Waals surface area contributed by atoms with Crippen molar-refractivity contribution in [1.82, 2.24) is 10.2 Å². The molecule has 0 saturated carbocycles. The van der Waals surface area contributed by atoms with Crippen molar-refractivity contribution < 1.29 is 0 Å². The van der Waals surface area contributed by atoms with Crippen LogP contribution in [-0.4, -0.2) is 29.6 Å². The average molecular weight is 332 g/mol. The van der Waals surface area contributed by atoms with E-state index in [1.807, 2.05) is 6.07 Å². The molecule has 0 aromatic heterocycles. The average Bonchev–Trinajstić information content (AvgIpc) is 2.27. The fraction of sp³-hybridized carbons (Fsp3) is 0.571. The molecule has 18 heavy (non-hydrogen) atoms. The lowest BCUT2D eigenvalue weighted by atomic mass is 9.98. The molecule has 0 amide bonds. The van der Waals surface area contributed by atoms with E-state index in [1.54, 1.807) is 0 Å². The Kier molecular flexibility index (Phi) is 4.37. The molecule has 1 N–H and O–H groups in total. The number of nitrogens with one attached hydrogen (secondary N) is 1. The molecule has 1 aromatic rings. The Hall–Kier alpha value is -0.0900. The van der Waals surface area contributed by atoms with Crippen molar-refractivity contribution in [3.63, 3.8) is 0 Å². The van der Waals surface area contributed by atoms with E-state index in [-0.39, 0.29) is 5.54 Å². The maximum Gasteiger partial charge on any atom is 0.0462 e. The van der Waals surface area contributed by atoms with Crippen LogP contribution >= 0.6 is 27.5 Å². The van der Waals surface area contributed by atoms with Gasteiger partial charge in [-0.3, -0.25) is 4.90 Å². The second kappa shape index (κ2) is 5.49. The molecule has 1 aliphatic rings. The van der Waals surface area contributed by atoms with E-state index in [1.165, 1.54) is 5.56 Å². The van der Waals surface area contributed by atoms with Crippen LogP contribution in [0.15, 0.2) is 22.7 Å². The van der Waals surface area contributed by atoms with Crippen LogP contribution in [0.2, 0.25) is 5.02 Å². The first kappa shape index (κ1) is 14.3. The highest BCUT2D eigenvalue weighted by Crippen LogP contribution is 2.25. The minimum atomic E-state index is 0.175. The summed E-state index contributed by atoms with van der Waals surface area (Å²) >= 11 is 9.74. The molecule has 0 spiro atoms. The summed E-state index contributed by atoms with van der Waals surface area (Å²) in [5.41, 5.74) is 1.37. The van der Waals surface area contributed by atoms with E-state index in [0.29, 0.717) is 6.04 Å². The monoisotopic (exact) mass is 330 g/mol. The Balaban J connectivity index is 2.12. The van der Waals surface area contributed by atoms with Gasteiger partial charge in [-0.05, 0) is 38.5 Å². The maximum absolute atomic E-state index is 6.30. The third-order valence-electron chi connectivity index (χ3n) is 3.49. The van der Waals surface area contributed by atoms with Gasteiger partial charge in [-0.25, -0.2) is 0 Å². The molecule has 2 rings (SSSR count). The van der Waals surface area contributed by atoms with E-state index in [2.05, 4.69) is 59.1 Å². The third kappa shape index (κ3) is 3.47. The van der Waals surface area contributed by atoms with Crippen molar-refractivity contribution in [2.45, 2.75) is 38.9 Å². The zero-order chi connectivity index (χ0) is 13.3. The molecule has 1 saturated heterocycles. The molecule has 1 heterocycles. The first-order valence-electron chi connectivity index (χ1n) is 6.30. The van der Waals surface area contributed by atoms with Crippen LogP contribution < -0.4 is 5.32 Å². The molecule has 1 fully saturated rings. The van der Waals surface area contributed by atoms with Gasteiger partial charge in [0.2, 0.25) is 0 Å². The van der Waals surface area contributed by atoms with Crippen molar-refractivity contribution in [1.29, 1.82) is 0 Å². The van der Waals surface area contributed by atoms with Gasteiger partial charge in [-0.15, -0.1) is 0 Å². The first-order valence-corrected chi connectivity index (χ1v) is 7.47. The first-order chi connectivity index (χ1) is 8.37. The molecular weight excluding hydrogens is 312 g/mol. The van der Waals surface area contributed by atoms with Crippen molar-refractivity contribution in [3.05, 3.63) is 33.3 Å². The summed E-state index contributed by atoms with van der Waals surface area (Å²) in [6.45, 7) is 9.74. The smallest absolute Gasteiger partial charge is 0.0462 e. The molecule has 1 unspecified atom stereocenters. The molecule has 0 bridgehead atoms. The summed E-state index contributed by atoms with van der Waals surface area (Å²) in [7, 11) is 0. The quantitative estimate of drug-likeness (QED) is 0.889. The van der Waals surface area contributed by atoms with Crippen molar-refractivity contribution in [2.75, 3.05) is 13.1 Å². The highest BCUT2D eigenvalue weighted by Gasteiger charge is 2.30. The number of benzene rings is 1. The Bertz CT molecular complexity index is 434. The molecular formula is C14H20BrClN2. The summed E-state index contributed by atoms with van der Waals surface area (Å²) < 4.78 is 1.03. The molecule has 0 radical (unpaired) electrons. The second-order valence-corrected chi connectivity index (χ2v) is 7.08. The fourth-order valence-electron chi connectivity index (χ4n) is 2.35. The number of hydrogen-bond acceptors (Lipinski definition) is 2. The minimum Gasteiger partial charge on any atom is -0.309 e. The number of piperazine rings is 1. The van der Waals surface area contributed by atoms with Gasteiger partial charge in [-0.2, -0.15) is 0 Å². The maximum atomic E-state index is 6.30. The second-order valence-electron chi connectivity index (χ2n) is 5.75. The molecule has 1 aliphatic heterocycles. The number of hydrogen-bond donors (Lipinski definition) is 1. The van der Waals surface area contributed by atoms with Gasteiger partial charge in [0.15, 0.2) is 0 Å². The topological polar surface area (TPSA) is 15.3 Å². The zero-order valence-corrected chi connectivity index (χ0v) is 13.5. The van der Waals surface area contributed by atoms with Gasteiger partial charge in [0, 0.05) is 40.7 Å². The van der Waals surface area contributed by atoms with Crippen LogP contribution in [0.3, 0.4) is 0 Å². The molecule has 1 atom stereocenters. The van der Waals surface area contributed by atoms with Gasteiger partial charge in [-0.1, -0.05) is 33.6 Å². The summed E-state index contributed by atoms with van der Waals surface area (Å²) in [4.78, 5) is 2.49. The van der Waals surface area contributed by atoms with Crippen LogP contribution in [0.25, 0.3) is 0 Å². The Morgan fingerprint density at radius 3 is 2.89 bits per heavy atom. The molecule has 1 aromatic carbocycles. The van der Waals surface area contributed by atoms with E-state index < -0.39 is 0 Å². The highest BCUT2D eigenvalue weighted by molar-refractivity contribution is 9.10. The SMILES string of the molecule is CC1CNC(C)(C)CN1Cc1ccc(Br)cc1Cl. The molecule has 100 valence electrons. The van der Waals surface area contributed by atoms with E-state index in [4.69, 9.17) is 11.6 Å². The lowest BCUT2D eigenvalue weighted by molar-refractivity contribution is 0.0978. The van der Waals surface area contributed by atoms with Crippen molar-refractivity contribution in [2.24, 2.45) is 0 Å². The van der Waals surface area contributed by atoms with Crippen LogP contribution in [-0.2, 0) is 6.54 Å². The van der Waals surface area contributed by atoms with Gasteiger partial charge < -0.3 is 5.32 Å². The predicted octanol–water partition coefficient (Wildman–Crippen LogP) is 3.67. The van der Waals surface area contributed by atoms with Crippen LogP contribution in [0.1, 0.15) is 26.3 Å². The summed E-state index contributed by atoms with van der Waals surface area (Å²) in [5.74, 6) is 0. The van der Waals surface area contributed by atoms with E-state index >= 15 is 0 Å². The fourth-order valence-corrected chi connectivity index (χ4v) is 3.09. The van der Waals surface area contributed by atoms with Crippen LogP contribution in [0, 0.1) is 0 Å². The molecule has 0 aliphatic carbocycles. The third-order valence-corrected chi connectivity index (χ3v) is 4.33. The van der Waals surface area contributed by atoms with Crippen LogP contribution in [0.4, 0.5) is 0 Å². The lowest BCUT2D eigenvalue weighted by Gasteiger charge is -2.43. The summed E-state index contributed by atoms with van der Waals surface area (Å²) in [6, 6.07) is 6.67. The lowest BCUT2D eigenvalue weighted by Crippen LogP contribution is -2.60. The van der Waals surface area contributed by atoms with E-state index in [9.17, 15) is 0 Å². The largest absolute Gasteiger partial charge is 0.309 e.